The molecule has 1 N–H and O–H groups in total. The summed E-state index contributed by atoms with van der Waals surface area (Å²) in [6, 6.07) is 15.3. The standard InChI is InChI=1S/C27H35N5O2/c1-3-25-29-26(21-12-14-24(34-2)15-13-21)32(30-25)23-11-9-10-22(20-23)27(33)28-16-5-8-19-31-17-6-4-7-18-31/h9-15,20H,3-8,16-19H2,1-2H3,(H,28,33). The first kappa shape index (κ1) is 24.0. The molecule has 34 heavy (non-hydrogen) atoms. The van der Waals surface area contributed by atoms with Gasteiger partial charge in [-0.3, -0.25) is 4.79 Å². The third kappa shape index (κ3) is 6.03. The molecule has 0 atom stereocenters. The monoisotopic (exact) mass is 461 g/mol. The molecule has 0 saturated carbocycles. The summed E-state index contributed by atoms with van der Waals surface area (Å²) in [5.74, 6) is 2.24. The number of aromatic nitrogens is 3. The van der Waals surface area contributed by atoms with Gasteiger partial charge in [-0.2, -0.15) is 5.10 Å². The summed E-state index contributed by atoms with van der Waals surface area (Å²) < 4.78 is 7.09. The summed E-state index contributed by atoms with van der Waals surface area (Å²) >= 11 is 0. The normalized spacial score (nSPS) is 14.2. The molecule has 1 aliphatic heterocycles. The third-order valence-electron chi connectivity index (χ3n) is 6.30. The highest BCUT2D eigenvalue weighted by Gasteiger charge is 2.15. The quantitative estimate of drug-likeness (QED) is 0.450. The Morgan fingerprint density at radius 3 is 2.59 bits per heavy atom. The van der Waals surface area contributed by atoms with Crippen molar-refractivity contribution in [2.75, 3.05) is 33.3 Å². The second kappa shape index (κ2) is 11.8. The molecular formula is C27H35N5O2. The van der Waals surface area contributed by atoms with Gasteiger partial charge in [0.05, 0.1) is 12.8 Å². The largest absolute Gasteiger partial charge is 0.497 e. The van der Waals surface area contributed by atoms with Crippen molar-refractivity contribution in [3.8, 4) is 22.8 Å². The minimum Gasteiger partial charge on any atom is -0.497 e. The number of nitrogens with zero attached hydrogens (tertiary/aromatic N) is 4. The van der Waals surface area contributed by atoms with Crippen LogP contribution in [0.2, 0.25) is 0 Å². The Kier molecular flexibility index (Phi) is 8.31. The number of hydrogen-bond donors (Lipinski definition) is 1. The van der Waals surface area contributed by atoms with Crippen LogP contribution in [0.25, 0.3) is 17.1 Å². The highest BCUT2D eigenvalue weighted by Crippen LogP contribution is 2.24. The Bertz CT molecular complexity index is 1070. The van der Waals surface area contributed by atoms with E-state index in [0.717, 1.165) is 54.5 Å². The number of rotatable bonds is 10. The van der Waals surface area contributed by atoms with Gasteiger partial charge in [-0.25, -0.2) is 9.67 Å². The number of benzene rings is 2. The lowest BCUT2D eigenvalue weighted by atomic mass is 10.1. The molecule has 4 rings (SSSR count). The molecular weight excluding hydrogens is 426 g/mol. The molecule has 7 heteroatoms. The SMILES string of the molecule is CCc1nc(-c2ccc(OC)cc2)n(-c2cccc(C(=O)NCCCCN3CCCCC3)c2)n1. The minimum absolute atomic E-state index is 0.0540. The highest BCUT2D eigenvalue weighted by atomic mass is 16.5. The van der Waals surface area contributed by atoms with Gasteiger partial charge < -0.3 is 15.0 Å². The van der Waals surface area contributed by atoms with Gasteiger partial charge in [-0.05, 0) is 87.8 Å². The molecule has 2 aromatic carbocycles. The van der Waals surface area contributed by atoms with Crippen LogP contribution >= 0.6 is 0 Å². The van der Waals surface area contributed by atoms with Crippen LogP contribution in [0.5, 0.6) is 5.75 Å². The van der Waals surface area contributed by atoms with Crippen molar-refractivity contribution in [1.82, 2.24) is 25.0 Å². The number of ether oxygens (including phenoxy) is 1. The molecule has 1 aromatic heterocycles. The predicted octanol–water partition coefficient (Wildman–Crippen LogP) is 4.50. The van der Waals surface area contributed by atoms with Gasteiger partial charge in [0.1, 0.15) is 5.75 Å². The van der Waals surface area contributed by atoms with Gasteiger partial charge in [0, 0.05) is 24.1 Å². The number of hydrogen-bond acceptors (Lipinski definition) is 5. The molecule has 7 nitrogen and oxygen atoms in total. The van der Waals surface area contributed by atoms with Crippen molar-refractivity contribution < 1.29 is 9.53 Å². The Hall–Kier alpha value is -3.19. The smallest absolute Gasteiger partial charge is 0.251 e. The van der Waals surface area contributed by atoms with E-state index in [4.69, 9.17) is 9.72 Å². The zero-order valence-electron chi connectivity index (χ0n) is 20.3. The molecule has 1 fully saturated rings. The Labute approximate surface area is 202 Å². The number of likely N-dealkylation sites (tertiary alicyclic amines) is 1. The molecule has 2 heterocycles. The number of amides is 1. The second-order valence-corrected chi connectivity index (χ2v) is 8.76. The van der Waals surface area contributed by atoms with Crippen molar-refractivity contribution in [1.29, 1.82) is 0 Å². The van der Waals surface area contributed by atoms with E-state index >= 15 is 0 Å². The first-order valence-corrected chi connectivity index (χ1v) is 12.4. The maximum atomic E-state index is 12.8. The summed E-state index contributed by atoms with van der Waals surface area (Å²) in [6.45, 7) is 6.30. The Balaban J connectivity index is 1.41. The summed E-state index contributed by atoms with van der Waals surface area (Å²) in [7, 11) is 1.65. The Morgan fingerprint density at radius 1 is 1.06 bits per heavy atom. The van der Waals surface area contributed by atoms with Gasteiger partial charge >= 0.3 is 0 Å². The van der Waals surface area contributed by atoms with Crippen molar-refractivity contribution in [2.24, 2.45) is 0 Å². The Morgan fingerprint density at radius 2 is 1.85 bits per heavy atom. The molecule has 0 aliphatic carbocycles. The van der Waals surface area contributed by atoms with E-state index in [-0.39, 0.29) is 5.91 Å². The fraction of sp³-hybridized carbons (Fsp3) is 0.444. The van der Waals surface area contributed by atoms with E-state index in [0.29, 0.717) is 12.1 Å². The molecule has 0 bridgehead atoms. The second-order valence-electron chi connectivity index (χ2n) is 8.76. The van der Waals surface area contributed by atoms with Crippen molar-refractivity contribution in [3.05, 3.63) is 59.9 Å². The molecule has 0 radical (unpaired) electrons. The number of carbonyl (C=O) groups is 1. The van der Waals surface area contributed by atoms with Crippen LogP contribution in [-0.4, -0.2) is 58.9 Å². The fourth-order valence-corrected chi connectivity index (χ4v) is 4.34. The van der Waals surface area contributed by atoms with Gasteiger partial charge in [0.2, 0.25) is 0 Å². The number of unbranched alkanes of at least 4 members (excludes halogenated alkanes) is 1. The fourth-order valence-electron chi connectivity index (χ4n) is 4.34. The van der Waals surface area contributed by atoms with E-state index in [1.165, 1.54) is 32.4 Å². The topological polar surface area (TPSA) is 72.3 Å². The van der Waals surface area contributed by atoms with Crippen molar-refractivity contribution >= 4 is 5.91 Å². The lowest BCUT2D eigenvalue weighted by Crippen LogP contribution is -2.31. The van der Waals surface area contributed by atoms with Crippen LogP contribution in [0.4, 0.5) is 0 Å². The maximum absolute atomic E-state index is 12.8. The number of nitrogens with one attached hydrogen (secondary N) is 1. The summed E-state index contributed by atoms with van der Waals surface area (Å²) in [5, 5.41) is 7.76. The van der Waals surface area contributed by atoms with E-state index in [1.54, 1.807) is 7.11 Å². The van der Waals surface area contributed by atoms with Crippen LogP contribution in [0, 0.1) is 0 Å². The van der Waals surface area contributed by atoms with E-state index in [9.17, 15) is 4.79 Å². The van der Waals surface area contributed by atoms with Crippen LogP contribution < -0.4 is 10.1 Å². The first-order valence-electron chi connectivity index (χ1n) is 12.4. The maximum Gasteiger partial charge on any atom is 0.251 e. The van der Waals surface area contributed by atoms with Crippen LogP contribution in [0.1, 0.15) is 55.2 Å². The summed E-state index contributed by atoms with van der Waals surface area (Å²) in [6.07, 6.45) is 6.84. The number of piperidine rings is 1. The van der Waals surface area contributed by atoms with Gasteiger partial charge in [0.25, 0.3) is 5.91 Å². The van der Waals surface area contributed by atoms with Crippen LogP contribution in [-0.2, 0) is 6.42 Å². The molecule has 0 spiro atoms. The molecule has 1 saturated heterocycles. The van der Waals surface area contributed by atoms with Crippen LogP contribution in [0.3, 0.4) is 0 Å². The molecule has 180 valence electrons. The zero-order valence-corrected chi connectivity index (χ0v) is 20.3. The summed E-state index contributed by atoms with van der Waals surface area (Å²) in [5.41, 5.74) is 2.38. The van der Waals surface area contributed by atoms with Gasteiger partial charge in [0.15, 0.2) is 11.6 Å². The van der Waals surface area contributed by atoms with Gasteiger partial charge in [-0.1, -0.05) is 19.4 Å². The third-order valence-corrected chi connectivity index (χ3v) is 6.30. The predicted molar refractivity (Wildman–Crippen MR) is 135 cm³/mol. The van der Waals surface area contributed by atoms with E-state index < -0.39 is 0 Å². The zero-order chi connectivity index (χ0) is 23.8. The average molecular weight is 462 g/mol. The van der Waals surface area contributed by atoms with E-state index in [2.05, 4.69) is 15.3 Å². The number of methoxy groups -OCH3 is 1. The molecule has 1 aliphatic rings. The summed E-state index contributed by atoms with van der Waals surface area (Å²) in [4.78, 5) is 20.1. The highest BCUT2D eigenvalue weighted by molar-refractivity contribution is 5.94. The van der Waals surface area contributed by atoms with Crippen LogP contribution in [0.15, 0.2) is 48.5 Å². The molecule has 3 aromatic rings. The lowest BCUT2D eigenvalue weighted by molar-refractivity contribution is 0.0952. The average Bonchev–Trinajstić information content (AvgIpc) is 3.34. The first-order chi connectivity index (χ1) is 16.7. The van der Waals surface area contributed by atoms with Gasteiger partial charge in [-0.15, -0.1) is 0 Å². The molecule has 0 unspecified atom stereocenters. The van der Waals surface area contributed by atoms with Crippen molar-refractivity contribution in [2.45, 2.75) is 45.4 Å². The van der Waals surface area contributed by atoms with Crippen molar-refractivity contribution in [3.63, 3.8) is 0 Å². The minimum atomic E-state index is -0.0540. The number of aryl methyl sites for hydroxylation is 1. The van der Waals surface area contributed by atoms with E-state index in [1.807, 2.05) is 60.1 Å². The lowest BCUT2D eigenvalue weighted by Gasteiger charge is -2.26. The molecule has 1 amide bonds. The number of carbonyl (C=O) groups excluding carboxylic acids is 1.